The van der Waals surface area contributed by atoms with Crippen molar-refractivity contribution in [2.45, 2.75) is 13.8 Å². The summed E-state index contributed by atoms with van der Waals surface area (Å²) in [6.45, 7) is 3.55. The van der Waals surface area contributed by atoms with Crippen molar-refractivity contribution in [2.75, 3.05) is 11.9 Å². The molecule has 0 radical (unpaired) electrons. The van der Waals surface area contributed by atoms with Gasteiger partial charge in [-0.25, -0.2) is 4.79 Å². The predicted octanol–water partition coefficient (Wildman–Crippen LogP) is 3.75. The van der Waals surface area contributed by atoms with E-state index in [0.29, 0.717) is 16.3 Å². The molecule has 0 aliphatic carbocycles. The van der Waals surface area contributed by atoms with Crippen LogP contribution in [0, 0.1) is 13.8 Å². The number of benzene rings is 2. The quantitative estimate of drug-likeness (QED) is 0.874. The van der Waals surface area contributed by atoms with Gasteiger partial charge in [0.25, 0.3) is 5.91 Å². The minimum Gasteiger partial charge on any atom is -0.452 e. The molecule has 22 heavy (non-hydrogen) atoms. The van der Waals surface area contributed by atoms with E-state index in [-0.39, 0.29) is 12.5 Å². The maximum atomic E-state index is 11.8. The van der Waals surface area contributed by atoms with Crippen LogP contribution >= 0.6 is 11.6 Å². The summed E-state index contributed by atoms with van der Waals surface area (Å²) >= 11 is 5.74. The van der Waals surface area contributed by atoms with Crippen LogP contribution in [0.15, 0.2) is 42.5 Å². The molecule has 0 fully saturated rings. The number of ether oxygens (including phenoxy) is 1. The van der Waals surface area contributed by atoms with E-state index in [2.05, 4.69) is 5.32 Å². The van der Waals surface area contributed by atoms with Crippen LogP contribution in [0.5, 0.6) is 0 Å². The Labute approximate surface area is 134 Å². The molecule has 0 saturated heterocycles. The molecule has 0 spiro atoms. The maximum absolute atomic E-state index is 11.8. The number of rotatable bonds is 4. The van der Waals surface area contributed by atoms with Crippen LogP contribution in [0.2, 0.25) is 5.02 Å². The van der Waals surface area contributed by atoms with E-state index in [1.807, 2.05) is 32.0 Å². The van der Waals surface area contributed by atoms with Crippen molar-refractivity contribution in [3.8, 4) is 0 Å². The average molecular weight is 318 g/mol. The summed E-state index contributed by atoms with van der Waals surface area (Å²) in [5.41, 5.74) is 3.13. The van der Waals surface area contributed by atoms with Crippen molar-refractivity contribution in [3.63, 3.8) is 0 Å². The van der Waals surface area contributed by atoms with E-state index >= 15 is 0 Å². The third-order valence-corrected chi connectivity index (χ3v) is 3.32. The van der Waals surface area contributed by atoms with Gasteiger partial charge in [-0.1, -0.05) is 29.3 Å². The first-order chi connectivity index (χ1) is 10.5. The molecule has 2 aromatic carbocycles. The molecule has 0 unspecified atom stereocenters. The number of nitrogens with one attached hydrogen (secondary N) is 1. The minimum atomic E-state index is -0.563. The fourth-order valence-corrected chi connectivity index (χ4v) is 2.07. The summed E-state index contributed by atoms with van der Waals surface area (Å²) in [6.07, 6.45) is 0. The molecular formula is C17H16ClNO3. The molecule has 114 valence electrons. The van der Waals surface area contributed by atoms with Gasteiger partial charge in [0.15, 0.2) is 6.61 Å². The van der Waals surface area contributed by atoms with Crippen molar-refractivity contribution < 1.29 is 14.3 Å². The molecule has 2 aromatic rings. The Morgan fingerprint density at radius 3 is 2.41 bits per heavy atom. The molecule has 0 atom stereocenters. The van der Waals surface area contributed by atoms with E-state index < -0.39 is 5.97 Å². The lowest BCUT2D eigenvalue weighted by Crippen LogP contribution is -2.21. The second kappa shape index (κ2) is 7.09. The number of halogens is 1. The van der Waals surface area contributed by atoms with Gasteiger partial charge in [0.05, 0.1) is 5.56 Å². The van der Waals surface area contributed by atoms with Crippen LogP contribution in [-0.2, 0) is 9.53 Å². The first kappa shape index (κ1) is 16.0. The molecule has 0 aliphatic rings. The normalized spacial score (nSPS) is 10.1. The van der Waals surface area contributed by atoms with Crippen molar-refractivity contribution in [1.29, 1.82) is 0 Å². The highest BCUT2D eigenvalue weighted by Crippen LogP contribution is 2.16. The second-order valence-corrected chi connectivity index (χ2v) is 5.39. The topological polar surface area (TPSA) is 55.4 Å². The summed E-state index contributed by atoms with van der Waals surface area (Å²) in [5, 5.41) is 3.25. The Balaban J connectivity index is 1.89. The smallest absolute Gasteiger partial charge is 0.338 e. The zero-order valence-corrected chi connectivity index (χ0v) is 13.1. The van der Waals surface area contributed by atoms with Crippen LogP contribution in [0.25, 0.3) is 0 Å². The molecule has 1 amide bonds. The number of anilines is 1. The van der Waals surface area contributed by atoms with Gasteiger partial charge in [-0.05, 0) is 49.7 Å². The van der Waals surface area contributed by atoms with E-state index in [0.717, 1.165) is 11.1 Å². The van der Waals surface area contributed by atoms with Crippen LogP contribution < -0.4 is 5.32 Å². The zero-order chi connectivity index (χ0) is 16.1. The van der Waals surface area contributed by atoms with E-state index in [9.17, 15) is 9.59 Å². The monoisotopic (exact) mass is 317 g/mol. The van der Waals surface area contributed by atoms with E-state index in [1.165, 1.54) is 0 Å². The third-order valence-electron chi connectivity index (χ3n) is 3.07. The average Bonchev–Trinajstić information content (AvgIpc) is 2.48. The molecule has 1 N–H and O–H groups in total. The van der Waals surface area contributed by atoms with Gasteiger partial charge < -0.3 is 10.1 Å². The summed E-state index contributed by atoms with van der Waals surface area (Å²) in [4.78, 5) is 23.6. The zero-order valence-electron chi connectivity index (χ0n) is 12.4. The van der Waals surface area contributed by atoms with Gasteiger partial charge in [-0.2, -0.15) is 0 Å². The van der Waals surface area contributed by atoms with Crippen molar-refractivity contribution in [3.05, 3.63) is 64.2 Å². The van der Waals surface area contributed by atoms with Crippen molar-refractivity contribution in [2.24, 2.45) is 0 Å². The van der Waals surface area contributed by atoms with Crippen LogP contribution in [0.4, 0.5) is 5.69 Å². The number of carbonyl (C=O) groups excluding carboxylic acids is 2. The van der Waals surface area contributed by atoms with Gasteiger partial charge in [-0.3, -0.25) is 4.79 Å². The Morgan fingerprint density at radius 1 is 1.09 bits per heavy atom. The molecule has 0 bridgehead atoms. The SMILES string of the molecule is Cc1ccc(NC(=O)COC(=O)c2ccc(Cl)cc2)c(C)c1. The molecule has 0 aromatic heterocycles. The molecule has 2 rings (SSSR count). The van der Waals surface area contributed by atoms with Crippen LogP contribution in [0.1, 0.15) is 21.5 Å². The standard InChI is InChI=1S/C17H16ClNO3/c1-11-3-8-15(12(2)9-11)19-16(20)10-22-17(21)13-4-6-14(18)7-5-13/h3-9H,10H2,1-2H3,(H,19,20). The van der Waals surface area contributed by atoms with Gasteiger partial charge in [0.1, 0.15) is 0 Å². The third kappa shape index (κ3) is 4.33. The molecule has 4 nitrogen and oxygen atoms in total. The Morgan fingerprint density at radius 2 is 1.77 bits per heavy atom. The first-order valence-electron chi connectivity index (χ1n) is 6.75. The summed E-state index contributed by atoms with van der Waals surface area (Å²) in [5.74, 6) is -0.943. The predicted molar refractivity (Wildman–Crippen MR) is 86.3 cm³/mol. The number of esters is 1. The molecule has 0 aliphatic heterocycles. The Kier molecular flexibility index (Phi) is 5.17. The number of amides is 1. The lowest BCUT2D eigenvalue weighted by Gasteiger charge is -2.09. The summed E-state index contributed by atoms with van der Waals surface area (Å²) in [6, 6.07) is 12.0. The van der Waals surface area contributed by atoms with Crippen molar-refractivity contribution >= 4 is 29.2 Å². The highest BCUT2D eigenvalue weighted by atomic mass is 35.5. The number of hydrogen-bond donors (Lipinski definition) is 1. The molecular weight excluding hydrogens is 302 g/mol. The van der Waals surface area contributed by atoms with Gasteiger partial charge in [0.2, 0.25) is 0 Å². The van der Waals surface area contributed by atoms with E-state index in [1.54, 1.807) is 24.3 Å². The molecule has 5 heteroatoms. The van der Waals surface area contributed by atoms with Crippen molar-refractivity contribution in [1.82, 2.24) is 0 Å². The largest absolute Gasteiger partial charge is 0.452 e. The first-order valence-corrected chi connectivity index (χ1v) is 7.13. The maximum Gasteiger partial charge on any atom is 0.338 e. The highest BCUT2D eigenvalue weighted by molar-refractivity contribution is 6.30. The number of hydrogen-bond acceptors (Lipinski definition) is 3. The van der Waals surface area contributed by atoms with E-state index in [4.69, 9.17) is 16.3 Å². The Hall–Kier alpha value is -2.33. The highest BCUT2D eigenvalue weighted by Gasteiger charge is 2.11. The van der Waals surface area contributed by atoms with Gasteiger partial charge in [0, 0.05) is 10.7 Å². The summed E-state index contributed by atoms with van der Waals surface area (Å²) in [7, 11) is 0. The van der Waals surface area contributed by atoms with Crippen LogP contribution in [-0.4, -0.2) is 18.5 Å². The van der Waals surface area contributed by atoms with Gasteiger partial charge in [-0.15, -0.1) is 0 Å². The lowest BCUT2D eigenvalue weighted by atomic mass is 10.1. The second-order valence-electron chi connectivity index (χ2n) is 4.95. The summed E-state index contributed by atoms with van der Waals surface area (Å²) < 4.78 is 4.97. The lowest BCUT2D eigenvalue weighted by molar-refractivity contribution is -0.119. The number of aryl methyl sites for hydroxylation is 2. The molecule has 0 heterocycles. The van der Waals surface area contributed by atoms with Gasteiger partial charge >= 0.3 is 5.97 Å². The Bertz CT molecular complexity index is 696. The fourth-order valence-electron chi connectivity index (χ4n) is 1.94. The fraction of sp³-hybridized carbons (Fsp3) is 0.176. The number of carbonyl (C=O) groups is 2. The van der Waals surface area contributed by atoms with Crippen LogP contribution in [0.3, 0.4) is 0 Å². The minimum absolute atomic E-state index is 0.339. The molecule has 0 saturated carbocycles.